The Bertz CT molecular complexity index is 1250. The zero-order valence-electron chi connectivity index (χ0n) is 21.9. The number of carbonyl (C=O) groups is 3. The Morgan fingerprint density at radius 2 is 1.71 bits per heavy atom. The number of amides is 3. The van der Waals surface area contributed by atoms with E-state index in [1.165, 1.54) is 6.42 Å². The first-order valence-corrected chi connectivity index (χ1v) is 13.8. The van der Waals surface area contributed by atoms with Crippen molar-refractivity contribution in [3.8, 4) is 0 Å². The summed E-state index contributed by atoms with van der Waals surface area (Å²) in [5.41, 5.74) is 1.54. The minimum absolute atomic E-state index is 0.0962. The van der Waals surface area contributed by atoms with Gasteiger partial charge in [-0.1, -0.05) is 79.4 Å². The van der Waals surface area contributed by atoms with Crippen molar-refractivity contribution in [1.82, 2.24) is 10.2 Å². The van der Waals surface area contributed by atoms with Crippen LogP contribution in [0, 0.1) is 18.8 Å². The van der Waals surface area contributed by atoms with Crippen LogP contribution in [0.3, 0.4) is 0 Å². The number of benzene rings is 2. The quantitative estimate of drug-likeness (QED) is 0.564. The lowest BCUT2D eigenvalue weighted by Crippen LogP contribution is -2.56. The third kappa shape index (κ3) is 4.04. The van der Waals surface area contributed by atoms with Gasteiger partial charge >= 0.3 is 0 Å². The molecule has 7 nitrogen and oxygen atoms in total. The molecule has 1 saturated carbocycles. The highest BCUT2D eigenvalue weighted by Crippen LogP contribution is 2.56. The number of rotatable bonds is 6. The summed E-state index contributed by atoms with van der Waals surface area (Å²) in [7, 11) is 0. The number of hydrogen-bond donors (Lipinski definition) is 2. The molecule has 2 saturated heterocycles. The van der Waals surface area contributed by atoms with Crippen LogP contribution in [0.15, 0.2) is 66.7 Å². The third-order valence-electron chi connectivity index (χ3n) is 8.83. The molecule has 3 amide bonds. The van der Waals surface area contributed by atoms with E-state index in [-0.39, 0.29) is 29.8 Å². The van der Waals surface area contributed by atoms with Gasteiger partial charge in [-0.05, 0) is 44.4 Å². The van der Waals surface area contributed by atoms with Gasteiger partial charge in [0, 0.05) is 11.7 Å². The first-order valence-electron chi connectivity index (χ1n) is 13.8. The Labute approximate surface area is 223 Å². The fourth-order valence-electron chi connectivity index (χ4n) is 6.91. The van der Waals surface area contributed by atoms with Crippen molar-refractivity contribution in [2.75, 3.05) is 5.32 Å². The lowest BCUT2D eigenvalue weighted by Gasteiger charge is -2.37. The third-order valence-corrected chi connectivity index (χ3v) is 8.83. The second-order valence-electron chi connectivity index (χ2n) is 11.2. The maximum absolute atomic E-state index is 14.3. The Morgan fingerprint density at radius 1 is 1.00 bits per heavy atom. The minimum atomic E-state index is -1.17. The number of carbonyl (C=O) groups excluding carboxylic acids is 3. The summed E-state index contributed by atoms with van der Waals surface area (Å²) in [4.78, 5) is 43.6. The SMILES string of the molecule is Cc1ccc(NC(=O)[C@H]2[C@H]3C=C[C@]4(O3)[C@H](C(=O)NC3CCCCC3)N([C@H](C)c3ccccc3)C(=O)[C@@H]24)cc1. The van der Waals surface area contributed by atoms with Crippen molar-refractivity contribution < 1.29 is 19.1 Å². The Hall–Kier alpha value is -3.45. The molecule has 3 heterocycles. The van der Waals surface area contributed by atoms with Crippen molar-refractivity contribution in [2.24, 2.45) is 11.8 Å². The molecule has 2 bridgehead atoms. The standard InChI is InChI=1S/C31H35N3O4/c1-19-13-15-23(16-14-19)32-28(35)25-24-17-18-31(38-24)26(25)30(37)34(20(2)21-9-5-3-6-10-21)27(31)29(36)33-22-11-7-4-8-12-22/h3,5-6,9-10,13-18,20,22,24-27H,4,7-8,11-12H2,1-2H3,(H,32,35)(H,33,36)/t20-,24-,25+,26-,27+,31-/m1/s1. The summed E-state index contributed by atoms with van der Waals surface area (Å²) in [5.74, 6) is -2.14. The van der Waals surface area contributed by atoms with Gasteiger partial charge < -0.3 is 20.3 Å². The van der Waals surface area contributed by atoms with E-state index in [0.717, 1.165) is 36.8 Å². The molecular weight excluding hydrogens is 478 g/mol. The monoisotopic (exact) mass is 513 g/mol. The van der Waals surface area contributed by atoms with Gasteiger partial charge in [0.05, 0.1) is 24.0 Å². The van der Waals surface area contributed by atoms with E-state index in [1.54, 1.807) is 4.90 Å². The molecular formula is C31H35N3O4. The van der Waals surface area contributed by atoms with Gasteiger partial charge in [-0.15, -0.1) is 0 Å². The van der Waals surface area contributed by atoms with Crippen LogP contribution >= 0.6 is 0 Å². The summed E-state index contributed by atoms with van der Waals surface area (Å²) < 4.78 is 6.49. The Balaban J connectivity index is 1.35. The van der Waals surface area contributed by atoms with Crippen LogP contribution in [0.4, 0.5) is 5.69 Å². The predicted octanol–water partition coefficient (Wildman–Crippen LogP) is 4.29. The molecule has 1 spiro atoms. The second-order valence-corrected chi connectivity index (χ2v) is 11.2. The molecule has 0 aromatic heterocycles. The molecule has 6 rings (SSSR count). The van der Waals surface area contributed by atoms with E-state index in [4.69, 9.17) is 4.74 Å². The molecule has 3 aliphatic heterocycles. The lowest BCUT2D eigenvalue weighted by molar-refractivity contribution is -0.143. The first kappa shape index (κ1) is 24.9. The van der Waals surface area contributed by atoms with Crippen LogP contribution in [0.2, 0.25) is 0 Å². The molecule has 2 aromatic carbocycles. The van der Waals surface area contributed by atoms with E-state index >= 15 is 0 Å². The molecule has 198 valence electrons. The summed E-state index contributed by atoms with van der Waals surface area (Å²) in [5, 5.41) is 6.24. The largest absolute Gasteiger partial charge is 0.359 e. The Kier molecular flexibility index (Phi) is 6.34. The lowest BCUT2D eigenvalue weighted by atomic mass is 9.74. The van der Waals surface area contributed by atoms with Crippen LogP contribution in [-0.4, -0.2) is 46.4 Å². The number of nitrogens with one attached hydrogen (secondary N) is 2. The fraction of sp³-hybridized carbons (Fsp3) is 0.452. The molecule has 0 radical (unpaired) electrons. The van der Waals surface area contributed by atoms with Gasteiger partial charge in [0.25, 0.3) is 0 Å². The minimum Gasteiger partial charge on any atom is -0.359 e. The topological polar surface area (TPSA) is 87.7 Å². The summed E-state index contributed by atoms with van der Waals surface area (Å²) in [6.45, 7) is 3.94. The van der Waals surface area contributed by atoms with Crippen molar-refractivity contribution in [1.29, 1.82) is 0 Å². The number of anilines is 1. The Morgan fingerprint density at radius 3 is 2.42 bits per heavy atom. The van der Waals surface area contributed by atoms with Gasteiger partial charge in [0.1, 0.15) is 11.6 Å². The number of aryl methyl sites for hydroxylation is 1. The average molecular weight is 514 g/mol. The van der Waals surface area contributed by atoms with Gasteiger partial charge in [-0.25, -0.2) is 0 Å². The summed E-state index contributed by atoms with van der Waals surface area (Å²) >= 11 is 0. The highest BCUT2D eigenvalue weighted by Gasteiger charge is 2.73. The van der Waals surface area contributed by atoms with Gasteiger partial charge in [-0.3, -0.25) is 14.4 Å². The predicted molar refractivity (Wildman–Crippen MR) is 144 cm³/mol. The molecule has 7 heteroatoms. The molecule has 4 aliphatic rings. The normalized spacial score (nSPS) is 30.8. The number of hydrogen-bond acceptors (Lipinski definition) is 4. The van der Waals surface area contributed by atoms with E-state index in [2.05, 4.69) is 10.6 Å². The smallest absolute Gasteiger partial charge is 0.246 e. The molecule has 3 fully saturated rings. The van der Waals surface area contributed by atoms with E-state index in [9.17, 15) is 14.4 Å². The number of fused-ring (bicyclic) bond motifs is 1. The molecule has 2 N–H and O–H groups in total. The molecule has 6 atom stereocenters. The second kappa shape index (κ2) is 9.70. The zero-order chi connectivity index (χ0) is 26.4. The van der Waals surface area contributed by atoms with Crippen molar-refractivity contribution in [3.05, 3.63) is 77.9 Å². The van der Waals surface area contributed by atoms with Crippen LogP contribution in [0.25, 0.3) is 0 Å². The van der Waals surface area contributed by atoms with Gasteiger partial charge in [0.15, 0.2) is 0 Å². The highest BCUT2D eigenvalue weighted by atomic mass is 16.5. The van der Waals surface area contributed by atoms with E-state index in [0.29, 0.717) is 5.69 Å². The maximum atomic E-state index is 14.3. The molecule has 1 aliphatic carbocycles. The summed E-state index contributed by atoms with van der Waals surface area (Å²) in [6.07, 6.45) is 8.44. The van der Waals surface area contributed by atoms with Crippen LogP contribution in [-0.2, 0) is 19.1 Å². The van der Waals surface area contributed by atoms with Crippen LogP contribution < -0.4 is 10.6 Å². The van der Waals surface area contributed by atoms with Crippen molar-refractivity contribution in [2.45, 2.75) is 75.8 Å². The zero-order valence-corrected chi connectivity index (χ0v) is 21.9. The van der Waals surface area contributed by atoms with Crippen molar-refractivity contribution >= 4 is 23.4 Å². The highest BCUT2D eigenvalue weighted by molar-refractivity contribution is 6.03. The summed E-state index contributed by atoms with van der Waals surface area (Å²) in [6, 6.07) is 16.2. The molecule has 2 aromatic rings. The van der Waals surface area contributed by atoms with Crippen LogP contribution in [0.5, 0.6) is 0 Å². The van der Waals surface area contributed by atoms with Gasteiger partial charge in [-0.2, -0.15) is 0 Å². The van der Waals surface area contributed by atoms with Crippen LogP contribution in [0.1, 0.15) is 56.2 Å². The maximum Gasteiger partial charge on any atom is 0.246 e. The van der Waals surface area contributed by atoms with Crippen molar-refractivity contribution in [3.63, 3.8) is 0 Å². The number of ether oxygens (including phenoxy) is 1. The van der Waals surface area contributed by atoms with E-state index < -0.39 is 29.6 Å². The molecule has 0 unspecified atom stereocenters. The van der Waals surface area contributed by atoms with E-state index in [1.807, 2.05) is 80.6 Å². The first-order chi connectivity index (χ1) is 18.4. The van der Waals surface area contributed by atoms with Gasteiger partial charge in [0.2, 0.25) is 17.7 Å². The fourth-order valence-corrected chi connectivity index (χ4v) is 6.91. The average Bonchev–Trinajstić information content (AvgIpc) is 3.58. The molecule has 38 heavy (non-hydrogen) atoms. The number of nitrogens with zero attached hydrogens (tertiary/aromatic N) is 1. The number of likely N-dealkylation sites (tertiary alicyclic amines) is 1.